The molecule has 33 heavy (non-hydrogen) atoms. The van der Waals surface area contributed by atoms with E-state index >= 15 is 0 Å². The van der Waals surface area contributed by atoms with E-state index in [0.29, 0.717) is 22.2 Å². The maximum absolute atomic E-state index is 13.8. The molecule has 2 heterocycles. The van der Waals surface area contributed by atoms with Gasteiger partial charge in [0, 0.05) is 30.6 Å². The zero-order valence-electron chi connectivity index (χ0n) is 18.5. The summed E-state index contributed by atoms with van der Waals surface area (Å²) in [5.41, 5.74) is 2.93. The average Bonchev–Trinajstić information content (AvgIpc) is 3.29. The van der Waals surface area contributed by atoms with Crippen LogP contribution in [0.25, 0.3) is 0 Å². The molecule has 4 rings (SSSR count). The van der Waals surface area contributed by atoms with E-state index in [2.05, 4.69) is 9.97 Å². The largest absolute Gasteiger partial charge is 0.388 e. The Bertz CT molecular complexity index is 1090. The normalized spacial score (nSPS) is 18.8. The minimum absolute atomic E-state index is 0.162. The summed E-state index contributed by atoms with van der Waals surface area (Å²) >= 11 is 5.85. The third-order valence-electron chi connectivity index (χ3n) is 6.44. The van der Waals surface area contributed by atoms with E-state index in [4.69, 9.17) is 11.6 Å². The molecule has 0 radical (unpaired) electrons. The second-order valence-corrected chi connectivity index (χ2v) is 9.20. The fraction of sp³-hybridized carbons (Fsp3) is 0.346. The van der Waals surface area contributed by atoms with Crippen molar-refractivity contribution in [3.8, 4) is 0 Å². The molecular formula is C26H27ClFN3O2. The highest BCUT2D eigenvalue weighted by atomic mass is 35.5. The lowest BCUT2D eigenvalue weighted by molar-refractivity contribution is 0.0783. The van der Waals surface area contributed by atoms with E-state index in [1.54, 1.807) is 31.4 Å². The summed E-state index contributed by atoms with van der Waals surface area (Å²) in [6.07, 6.45) is 6.40. The molecule has 5 nitrogen and oxygen atoms in total. The van der Waals surface area contributed by atoms with Crippen molar-refractivity contribution >= 4 is 17.5 Å². The minimum atomic E-state index is -0.556. The second kappa shape index (κ2) is 10.4. The van der Waals surface area contributed by atoms with Gasteiger partial charge in [-0.15, -0.1) is 0 Å². The number of carbonyl (C=O) groups is 1. The van der Waals surface area contributed by atoms with Gasteiger partial charge >= 0.3 is 0 Å². The third kappa shape index (κ3) is 5.75. The molecule has 1 aliphatic carbocycles. The van der Waals surface area contributed by atoms with Gasteiger partial charge in [-0.25, -0.2) is 9.97 Å². The van der Waals surface area contributed by atoms with Crippen LogP contribution in [-0.2, 0) is 13.0 Å². The van der Waals surface area contributed by atoms with Crippen LogP contribution in [-0.4, -0.2) is 32.9 Å². The maximum atomic E-state index is 13.8. The number of amides is 1. The second-order valence-electron chi connectivity index (χ2n) is 8.81. The monoisotopic (exact) mass is 467 g/mol. The number of halogens is 2. The molecule has 0 spiro atoms. The van der Waals surface area contributed by atoms with Gasteiger partial charge in [0.25, 0.3) is 5.91 Å². The molecule has 0 unspecified atom stereocenters. The molecule has 0 bridgehead atoms. The molecule has 1 saturated carbocycles. The lowest BCUT2D eigenvalue weighted by Crippen LogP contribution is -2.26. The first-order valence-corrected chi connectivity index (χ1v) is 11.5. The fourth-order valence-electron chi connectivity index (χ4n) is 4.62. The molecule has 1 fully saturated rings. The van der Waals surface area contributed by atoms with Gasteiger partial charge in [-0.05, 0) is 72.9 Å². The number of benzene rings is 1. The number of aliphatic hydroxyl groups is 1. The van der Waals surface area contributed by atoms with Crippen LogP contribution < -0.4 is 0 Å². The highest BCUT2D eigenvalue weighted by Gasteiger charge is 2.31. The summed E-state index contributed by atoms with van der Waals surface area (Å²) in [5, 5.41) is 11.1. The lowest BCUT2D eigenvalue weighted by atomic mass is 9.92. The van der Waals surface area contributed by atoms with Gasteiger partial charge < -0.3 is 10.0 Å². The number of aliphatic hydroxyl groups excluding tert-OH is 1. The van der Waals surface area contributed by atoms with Crippen molar-refractivity contribution in [1.82, 2.24) is 14.9 Å². The van der Waals surface area contributed by atoms with E-state index in [1.165, 1.54) is 16.7 Å². The Labute approximate surface area is 198 Å². The molecular weight excluding hydrogens is 441 g/mol. The SMILES string of the molecule is CN(Cc1cccnc1F)C(=O)c1ccc(C[C@@H]2CC[C@H]([C@H](O)c3ccc(Cl)nc3)C2)cc1. The average molecular weight is 468 g/mol. The lowest BCUT2D eigenvalue weighted by Gasteiger charge is -2.19. The zero-order valence-corrected chi connectivity index (χ0v) is 19.3. The van der Waals surface area contributed by atoms with Crippen molar-refractivity contribution in [2.24, 2.45) is 11.8 Å². The summed E-state index contributed by atoms with van der Waals surface area (Å²) in [5.74, 6) is -0.0201. The van der Waals surface area contributed by atoms with Crippen LogP contribution >= 0.6 is 11.6 Å². The van der Waals surface area contributed by atoms with Crippen molar-refractivity contribution in [2.45, 2.75) is 38.3 Å². The number of pyridine rings is 2. The quantitative estimate of drug-likeness (QED) is 0.483. The van der Waals surface area contributed by atoms with Crippen molar-refractivity contribution in [1.29, 1.82) is 0 Å². The summed E-state index contributed by atoms with van der Waals surface area (Å²) in [4.78, 5) is 21.9. The van der Waals surface area contributed by atoms with Crippen LogP contribution in [0.5, 0.6) is 0 Å². The molecule has 1 aromatic carbocycles. The van der Waals surface area contributed by atoms with Crippen LogP contribution in [0.3, 0.4) is 0 Å². The topological polar surface area (TPSA) is 66.3 Å². The van der Waals surface area contributed by atoms with Crippen LogP contribution in [0.2, 0.25) is 5.15 Å². The Morgan fingerprint density at radius 1 is 1.18 bits per heavy atom. The number of carbonyl (C=O) groups excluding carboxylic acids is 1. The minimum Gasteiger partial charge on any atom is -0.388 e. The van der Waals surface area contributed by atoms with Crippen LogP contribution in [0, 0.1) is 17.8 Å². The first-order valence-electron chi connectivity index (χ1n) is 11.1. The highest BCUT2D eigenvalue weighted by molar-refractivity contribution is 6.29. The van der Waals surface area contributed by atoms with Crippen LogP contribution in [0.15, 0.2) is 60.9 Å². The van der Waals surface area contributed by atoms with Gasteiger partial charge in [-0.2, -0.15) is 4.39 Å². The zero-order chi connectivity index (χ0) is 23.4. The number of rotatable bonds is 7. The molecule has 7 heteroatoms. The summed E-state index contributed by atoms with van der Waals surface area (Å²) in [6, 6.07) is 14.5. The van der Waals surface area contributed by atoms with Crippen molar-refractivity contribution < 1.29 is 14.3 Å². The van der Waals surface area contributed by atoms with E-state index in [1.807, 2.05) is 30.3 Å². The Hall–Kier alpha value is -2.83. The maximum Gasteiger partial charge on any atom is 0.253 e. The molecule has 3 atom stereocenters. The van der Waals surface area contributed by atoms with Gasteiger partial charge in [-0.1, -0.05) is 35.9 Å². The smallest absolute Gasteiger partial charge is 0.253 e. The van der Waals surface area contributed by atoms with Gasteiger partial charge in [0.2, 0.25) is 5.95 Å². The van der Waals surface area contributed by atoms with E-state index in [-0.39, 0.29) is 18.4 Å². The number of hydrogen-bond donors (Lipinski definition) is 1. The Balaban J connectivity index is 1.32. The molecule has 3 aromatic rings. The molecule has 2 aromatic heterocycles. The standard InChI is InChI=1S/C26H27ClFN3O2/c1-31(16-22-3-2-12-29-25(22)28)26(33)19-7-4-17(5-8-19)13-18-6-9-20(14-18)24(32)21-10-11-23(27)30-15-21/h2-5,7-8,10-12,15,18,20,24,32H,6,9,13-14,16H2,1H3/t18-,20-,24-/m0/s1. The Morgan fingerprint density at radius 3 is 2.67 bits per heavy atom. The van der Waals surface area contributed by atoms with E-state index < -0.39 is 12.1 Å². The highest BCUT2D eigenvalue weighted by Crippen LogP contribution is 2.40. The van der Waals surface area contributed by atoms with Gasteiger partial charge in [0.1, 0.15) is 5.15 Å². The number of aromatic nitrogens is 2. The van der Waals surface area contributed by atoms with Crippen LogP contribution in [0.4, 0.5) is 4.39 Å². The van der Waals surface area contributed by atoms with E-state index in [9.17, 15) is 14.3 Å². The first-order chi connectivity index (χ1) is 15.9. The van der Waals surface area contributed by atoms with Crippen molar-refractivity contribution in [2.75, 3.05) is 7.05 Å². The Morgan fingerprint density at radius 2 is 1.97 bits per heavy atom. The predicted octanol–water partition coefficient (Wildman–Crippen LogP) is 5.23. The van der Waals surface area contributed by atoms with Crippen molar-refractivity contribution in [3.05, 3.63) is 94.3 Å². The first kappa shape index (κ1) is 23.3. The molecule has 1 aliphatic rings. The Kier molecular flexibility index (Phi) is 7.36. The molecule has 0 aliphatic heterocycles. The number of hydrogen-bond acceptors (Lipinski definition) is 4. The van der Waals surface area contributed by atoms with Crippen molar-refractivity contribution in [3.63, 3.8) is 0 Å². The molecule has 1 amide bonds. The summed E-state index contributed by atoms with van der Waals surface area (Å²) in [7, 11) is 1.66. The van der Waals surface area contributed by atoms with Gasteiger partial charge in [-0.3, -0.25) is 4.79 Å². The van der Waals surface area contributed by atoms with Gasteiger partial charge in [0.15, 0.2) is 0 Å². The number of nitrogens with zero attached hydrogens (tertiary/aromatic N) is 3. The summed E-state index contributed by atoms with van der Waals surface area (Å²) < 4.78 is 13.8. The van der Waals surface area contributed by atoms with Crippen LogP contribution in [0.1, 0.15) is 52.4 Å². The molecule has 0 saturated heterocycles. The molecule has 172 valence electrons. The molecule has 1 N–H and O–H groups in total. The van der Waals surface area contributed by atoms with Gasteiger partial charge in [0.05, 0.1) is 12.6 Å². The van der Waals surface area contributed by atoms with E-state index in [0.717, 1.165) is 31.2 Å². The summed E-state index contributed by atoms with van der Waals surface area (Å²) in [6.45, 7) is 0.162. The fourth-order valence-corrected chi connectivity index (χ4v) is 4.73. The third-order valence-corrected chi connectivity index (χ3v) is 6.66. The predicted molar refractivity (Wildman–Crippen MR) is 125 cm³/mol.